The van der Waals surface area contributed by atoms with Gasteiger partial charge in [0.1, 0.15) is 4.90 Å². The lowest BCUT2D eigenvalue weighted by molar-refractivity contribution is 0.187. The largest absolute Gasteiger partial charge is 0.398 e. The number of hydrogen-bond donors (Lipinski definition) is 1. The molecule has 20 heavy (non-hydrogen) atoms. The van der Waals surface area contributed by atoms with E-state index in [1.54, 1.807) is 25.2 Å². The van der Waals surface area contributed by atoms with Crippen molar-refractivity contribution in [1.29, 1.82) is 0 Å². The molecule has 1 aromatic carbocycles. The Hall–Kier alpha value is -1.11. The van der Waals surface area contributed by atoms with E-state index in [-0.39, 0.29) is 10.9 Å². The predicted octanol–water partition coefficient (Wildman–Crippen LogP) is 1.29. The number of aryl methyl sites for hydroxylation is 1. The second-order valence-corrected chi connectivity index (χ2v) is 7.59. The van der Waals surface area contributed by atoms with E-state index in [1.165, 1.54) is 4.31 Å². The number of likely N-dealkylation sites (tertiary alicyclic amines) is 1. The zero-order valence-corrected chi connectivity index (χ0v) is 13.2. The van der Waals surface area contributed by atoms with Crippen molar-refractivity contribution in [2.75, 3.05) is 32.9 Å². The van der Waals surface area contributed by atoms with Crippen molar-refractivity contribution in [3.05, 3.63) is 23.8 Å². The Morgan fingerprint density at radius 3 is 2.70 bits per heavy atom. The number of hydrogen-bond acceptors (Lipinski definition) is 4. The third-order valence-corrected chi connectivity index (χ3v) is 5.92. The number of rotatable bonds is 3. The van der Waals surface area contributed by atoms with Crippen molar-refractivity contribution in [2.24, 2.45) is 0 Å². The molecule has 1 heterocycles. The predicted molar refractivity (Wildman–Crippen MR) is 81.1 cm³/mol. The Kier molecular flexibility index (Phi) is 4.36. The number of nitrogen functional groups attached to an aromatic ring is 1. The molecule has 1 aromatic rings. The molecule has 1 fully saturated rings. The van der Waals surface area contributed by atoms with Gasteiger partial charge >= 0.3 is 0 Å². The van der Waals surface area contributed by atoms with Gasteiger partial charge in [0.2, 0.25) is 10.0 Å². The maximum atomic E-state index is 12.7. The van der Waals surface area contributed by atoms with Crippen molar-refractivity contribution in [1.82, 2.24) is 9.21 Å². The molecule has 1 aliphatic heterocycles. The molecular weight excluding hydrogens is 274 g/mol. The van der Waals surface area contributed by atoms with E-state index < -0.39 is 10.0 Å². The van der Waals surface area contributed by atoms with E-state index >= 15 is 0 Å². The van der Waals surface area contributed by atoms with Gasteiger partial charge in [0.15, 0.2) is 0 Å². The maximum absolute atomic E-state index is 12.7. The molecule has 0 spiro atoms. The molecule has 0 radical (unpaired) electrons. The Bertz CT molecular complexity index is 586. The van der Waals surface area contributed by atoms with Gasteiger partial charge in [0, 0.05) is 19.6 Å². The Balaban J connectivity index is 2.29. The number of sulfonamides is 1. The molecular formula is C14H23N3O2S. The lowest BCUT2D eigenvalue weighted by Gasteiger charge is -2.35. The normalized spacial score (nSPS) is 21.3. The molecule has 0 aliphatic carbocycles. The van der Waals surface area contributed by atoms with Crippen LogP contribution in [0.25, 0.3) is 0 Å². The smallest absolute Gasteiger partial charge is 0.245 e. The highest BCUT2D eigenvalue weighted by Crippen LogP contribution is 2.26. The monoisotopic (exact) mass is 297 g/mol. The van der Waals surface area contributed by atoms with E-state index in [2.05, 4.69) is 4.90 Å². The standard InChI is InChI=1S/C14H23N3O2S/c1-11-6-7-14(13(15)9-11)20(18,19)17(3)12-5-4-8-16(2)10-12/h6-7,9,12H,4-5,8,10,15H2,1-3H3. The molecule has 0 aromatic heterocycles. The summed E-state index contributed by atoms with van der Waals surface area (Å²) < 4.78 is 26.9. The van der Waals surface area contributed by atoms with Crippen molar-refractivity contribution in [3.8, 4) is 0 Å². The summed E-state index contributed by atoms with van der Waals surface area (Å²) in [4.78, 5) is 2.37. The quantitative estimate of drug-likeness (QED) is 0.854. The van der Waals surface area contributed by atoms with Crippen LogP contribution in [0.5, 0.6) is 0 Å². The SMILES string of the molecule is Cc1ccc(S(=O)(=O)N(C)C2CCCN(C)C2)c(N)c1. The van der Waals surface area contributed by atoms with Crippen molar-refractivity contribution in [3.63, 3.8) is 0 Å². The fraction of sp³-hybridized carbons (Fsp3) is 0.571. The van der Waals surface area contributed by atoms with Crippen LogP contribution in [0.4, 0.5) is 5.69 Å². The summed E-state index contributed by atoms with van der Waals surface area (Å²) in [5.74, 6) is 0. The molecule has 1 atom stereocenters. The van der Waals surface area contributed by atoms with Gasteiger partial charge in [-0.25, -0.2) is 8.42 Å². The average Bonchev–Trinajstić information content (AvgIpc) is 2.37. The van der Waals surface area contributed by atoms with E-state index in [0.29, 0.717) is 5.69 Å². The molecule has 1 saturated heterocycles. The van der Waals surface area contributed by atoms with Crippen LogP contribution in [0.3, 0.4) is 0 Å². The number of likely N-dealkylation sites (N-methyl/N-ethyl adjacent to an activating group) is 2. The van der Waals surface area contributed by atoms with Gasteiger partial charge in [-0.2, -0.15) is 4.31 Å². The highest BCUT2D eigenvalue weighted by atomic mass is 32.2. The van der Waals surface area contributed by atoms with E-state index in [9.17, 15) is 8.42 Å². The molecule has 6 heteroatoms. The first-order chi connectivity index (χ1) is 9.32. The number of nitrogens with two attached hydrogens (primary N) is 1. The Morgan fingerprint density at radius 2 is 2.10 bits per heavy atom. The number of anilines is 1. The van der Waals surface area contributed by atoms with Gasteiger partial charge < -0.3 is 10.6 Å². The molecule has 0 saturated carbocycles. The van der Waals surface area contributed by atoms with Gasteiger partial charge in [-0.3, -0.25) is 0 Å². The highest BCUT2D eigenvalue weighted by molar-refractivity contribution is 7.89. The highest BCUT2D eigenvalue weighted by Gasteiger charge is 2.31. The molecule has 1 aliphatic rings. The zero-order chi connectivity index (χ0) is 14.9. The molecule has 0 bridgehead atoms. The fourth-order valence-electron chi connectivity index (χ4n) is 2.69. The van der Waals surface area contributed by atoms with Crippen molar-refractivity contribution < 1.29 is 8.42 Å². The summed E-state index contributed by atoms with van der Waals surface area (Å²) >= 11 is 0. The summed E-state index contributed by atoms with van der Waals surface area (Å²) in [6, 6.07) is 5.10. The minimum atomic E-state index is -3.53. The summed E-state index contributed by atoms with van der Waals surface area (Å²) in [7, 11) is 0.144. The first-order valence-electron chi connectivity index (χ1n) is 6.85. The van der Waals surface area contributed by atoms with Crippen LogP contribution in [0.1, 0.15) is 18.4 Å². The number of piperidine rings is 1. The molecule has 112 valence electrons. The minimum absolute atomic E-state index is 0.0134. The first kappa shape index (κ1) is 15.3. The second-order valence-electron chi connectivity index (χ2n) is 5.62. The Labute approximate surface area is 121 Å². The summed E-state index contributed by atoms with van der Waals surface area (Å²) in [6.07, 6.45) is 1.91. The van der Waals surface area contributed by atoms with Crippen LogP contribution in [-0.2, 0) is 10.0 Å². The van der Waals surface area contributed by atoms with Crippen LogP contribution < -0.4 is 5.73 Å². The van der Waals surface area contributed by atoms with Crippen LogP contribution in [0, 0.1) is 6.92 Å². The third-order valence-electron chi connectivity index (χ3n) is 3.94. The van der Waals surface area contributed by atoms with Gasteiger partial charge in [-0.1, -0.05) is 6.07 Å². The fourth-order valence-corrected chi connectivity index (χ4v) is 4.16. The van der Waals surface area contributed by atoms with Gasteiger partial charge in [0.25, 0.3) is 0 Å². The van der Waals surface area contributed by atoms with E-state index in [4.69, 9.17) is 5.73 Å². The Morgan fingerprint density at radius 1 is 1.40 bits per heavy atom. The van der Waals surface area contributed by atoms with Crippen LogP contribution in [0.15, 0.2) is 23.1 Å². The molecule has 2 N–H and O–H groups in total. The number of nitrogens with zero attached hydrogens (tertiary/aromatic N) is 2. The van der Waals surface area contributed by atoms with Crippen molar-refractivity contribution in [2.45, 2.75) is 30.7 Å². The van der Waals surface area contributed by atoms with Crippen LogP contribution in [0.2, 0.25) is 0 Å². The maximum Gasteiger partial charge on any atom is 0.245 e. The molecule has 0 amide bonds. The van der Waals surface area contributed by atoms with E-state index in [0.717, 1.165) is 31.5 Å². The average molecular weight is 297 g/mol. The van der Waals surface area contributed by atoms with Crippen molar-refractivity contribution >= 4 is 15.7 Å². The third kappa shape index (κ3) is 2.97. The van der Waals surface area contributed by atoms with Crippen LogP contribution >= 0.6 is 0 Å². The van der Waals surface area contributed by atoms with Crippen LogP contribution in [-0.4, -0.2) is 50.8 Å². The van der Waals surface area contributed by atoms with Gasteiger partial charge in [-0.05, 0) is 51.1 Å². The summed E-state index contributed by atoms with van der Waals surface area (Å²) in [6.45, 7) is 3.69. The zero-order valence-electron chi connectivity index (χ0n) is 12.3. The first-order valence-corrected chi connectivity index (χ1v) is 8.29. The molecule has 1 unspecified atom stereocenters. The van der Waals surface area contributed by atoms with Gasteiger partial charge in [0.05, 0.1) is 5.69 Å². The molecule has 5 nitrogen and oxygen atoms in total. The molecule has 2 rings (SSSR count). The van der Waals surface area contributed by atoms with E-state index in [1.807, 2.05) is 14.0 Å². The summed E-state index contributed by atoms with van der Waals surface area (Å²) in [5.41, 5.74) is 7.17. The summed E-state index contributed by atoms with van der Waals surface area (Å²) in [5, 5.41) is 0. The second kappa shape index (κ2) is 5.71. The number of benzene rings is 1. The lowest BCUT2D eigenvalue weighted by Crippen LogP contribution is -2.47. The minimum Gasteiger partial charge on any atom is -0.398 e. The lowest BCUT2D eigenvalue weighted by atomic mass is 10.1. The van der Waals surface area contributed by atoms with Gasteiger partial charge in [-0.15, -0.1) is 0 Å². The topological polar surface area (TPSA) is 66.6 Å².